The molecule has 0 saturated carbocycles. The smallest absolute Gasteiger partial charge is 0.00161 e. The van der Waals surface area contributed by atoms with Crippen molar-refractivity contribution in [1.29, 1.82) is 0 Å². The predicted octanol–water partition coefficient (Wildman–Crippen LogP) is 3.80. The summed E-state index contributed by atoms with van der Waals surface area (Å²) in [5, 5.41) is 0. The molecule has 0 radical (unpaired) electrons. The highest BCUT2D eigenvalue weighted by atomic mass is 15.1. The summed E-state index contributed by atoms with van der Waals surface area (Å²) in [6.07, 6.45) is 14.0. The van der Waals surface area contributed by atoms with Crippen molar-refractivity contribution in [2.24, 2.45) is 11.7 Å². The first-order valence-electron chi connectivity index (χ1n) is 8.29. The second kappa shape index (κ2) is 10.8. The number of nitrogens with zero attached hydrogens (tertiary/aromatic N) is 1. The van der Waals surface area contributed by atoms with Crippen molar-refractivity contribution < 1.29 is 0 Å². The topological polar surface area (TPSA) is 29.3 Å². The van der Waals surface area contributed by atoms with Crippen LogP contribution in [-0.4, -0.2) is 31.1 Å². The molecule has 0 aromatic carbocycles. The van der Waals surface area contributed by atoms with E-state index in [4.69, 9.17) is 5.73 Å². The number of piperidine rings is 1. The van der Waals surface area contributed by atoms with Gasteiger partial charge in [0, 0.05) is 0 Å². The van der Waals surface area contributed by atoms with Crippen LogP contribution >= 0.6 is 0 Å². The molecule has 0 aromatic heterocycles. The Kier molecular flexibility index (Phi) is 9.59. The summed E-state index contributed by atoms with van der Waals surface area (Å²) in [7, 11) is 0. The van der Waals surface area contributed by atoms with E-state index in [9.17, 15) is 0 Å². The molecular weight excluding hydrogens is 220 g/mol. The third-order valence-corrected chi connectivity index (χ3v) is 4.36. The van der Waals surface area contributed by atoms with E-state index in [0.717, 1.165) is 12.5 Å². The molecule has 1 fully saturated rings. The van der Waals surface area contributed by atoms with E-state index in [1.54, 1.807) is 0 Å². The Morgan fingerprint density at radius 3 is 2.17 bits per heavy atom. The molecule has 1 aliphatic heterocycles. The van der Waals surface area contributed by atoms with Crippen LogP contribution in [0.1, 0.15) is 71.1 Å². The Bertz CT molecular complexity index is 174. The maximum absolute atomic E-state index is 5.63. The maximum Gasteiger partial charge on any atom is -0.00161 e. The van der Waals surface area contributed by atoms with Gasteiger partial charge in [0.25, 0.3) is 0 Å². The number of unbranched alkanes of at least 4 members (excludes halogenated alkanes) is 6. The summed E-state index contributed by atoms with van der Waals surface area (Å²) < 4.78 is 0. The summed E-state index contributed by atoms with van der Waals surface area (Å²) in [5.74, 6) is 0.917. The van der Waals surface area contributed by atoms with Gasteiger partial charge in [-0.1, -0.05) is 45.4 Å². The molecule has 1 heterocycles. The summed E-state index contributed by atoms with van der Waals surface area (Å²) in [4.78, 5) is 2.67. The van der Waals surface area contributed by atoms with Gasteiger partial charge in [0.2, 0.25) is 0 Å². The van der Waals surface area contributed by atoms with E-state index in [0.29, 0.717) is 0 Å². The molecule has 0 unspecified atom stereocenters. The number of hydrogen-bond acceptors (Lipinski definition) is 2. The fourth-order valence-corrected chi connectivity index (χ4v) is 3.03. The summed E-state index contributed by atoms with van der Waals surface area (Å²) >= 11 is 0. The van der Waals surface area contributed by atoms with E-state index >= 15 is 0 Å². The second-order valence-corrected chi connectivity index (χ2v) is 5.98. The number of hydrogen-bond donors (Lipinski definition) is 1. The first kappa shape index (κ1) is 16.0. The standard InChI is InChI=1S/C16H34N2/c1-2-3-4-5-6-7-8-13-18-14-10-16(9-12-17)11-15-18/h16H,2-15,17H2,1H3. The molecule has 2 N–H and O–H groups in total. The first-order chi connectivity index (χ1) is 8.86. The highest BCUT2D eigenvalue weighted by Crippen LogP contribution is 2.20. The van der Waals surface area contributed by atoms with Crippen LogP contribution in [0.5, 0.6) is 0 Å². The molecule has 0 amide bonds. The normalized spacial score (nSPS) is 18.3. The van der Waals surface area contributed by atoms with E-state index < -0.39 is 0 Å². The average molecular weight is 254 g/mol. The molecule has 0 atom stereocenters. The Labute approximate surface area is 114 Å². The van der Waals surface area contributed by atoms with Crippen molar-refractivity contribution in [3.63, 3.8) is 0 Å². The molecule has 2 heteroatoms. The Hall–Kier alpha value is -0.0800. The van der Waals surface area contributed by atoms with Crippen LogP contribution < -0.4 is 5.73 Å². The highest BCUT2D eigenvalue weighted by Gasteiger charge is 2.17. The molecule has 108 valence electrons. The number of likely N-dealkylation sites (tertiary alicyclic amines) is 1. The summed E-state index contributed by atoms with van der Waals surface area (Å²) in [5.41, 5.74) is 5.63. The van der Waals surface area contributed by atoms with Gasteiger partial charge in [-0.3, -0.25) is 0 Å². The van der Waals surface area contributed by atoms with Crippen LogP contribution in [0.2, 0.25) is 0 Å². The van der Waals surface area contributed by atoms with Crippen LogP contribution in [0, 0.1) is 5.92 Å². The second-order valence-electron chi connectivity index (χ2n) is 5.98. The Morgan fingerprint density at radius 2 is 1.56 bits per heavy atom. The van der Waals surface area contributed by atoms with Gasteiger partial charge in [-0.2, -0.15) is 0 Å². The average Bonchev–Trinajstić information content (AvgIpc) is 2.40. The zero-order valence-corrected chi connectivity index (χ0v) is 12.5. The molecule has 0 bridgehead atoms. The van der Waals surface area contributed by atoms with Crippen molar-refractivity contribution in [3.8, 4) is 0 Å². The fourth-order valence-electron chi connectivity index (χ4n) is 3.03. The molecule has 1 saturated heterocycles. The van der Waals surface area contributed by atoms with Gasteiger partial charge in [-0.25, -0.2) is 0 Å². The highest BCUT2D eigenvalue weighted by molar-refractivity contribution is 4.72. The molecule has 18 heavy (non-hydrogen) atoms. The fraction of sp³-hybridized carbons (Fsp3) is 1.00. The minimum atomic E-state index is 0.877. The molecule has 2 nitrogen and oxygen atoms in total. The van der Waals surface area contributed by atoms with Gasteiger partial charge >= 0.3 is 0 Å². The lowest BCUT2D eigenvalue weighted by Crippen LogP contribution is -2.34. The molecule has 0 aromatic rings. The molecule has 1 aliphatic rings. The van der Waals surface area contributed by atoms with Gasteiger partial charge in [0.1, 0.15) is 0 Å². The lowest BCUT2D eigenvalue weighted by Gasteiger charge is -2.31. The van der Waals surface area contributed by atoms with Gasteiger partial charge in [-0.05, 0) is 57.8 Å². The van der Waals surface area contributed by atoms with E-state index in [2.05, 4.69) is 11.8 Å². The van der Waals surface area contributed by atoms with Gasteiger partial charge in [-0.15, -0.1) is 0 Å². The number of nitrogens with two attached hydrogens (primary N) is 1. The van der Waals surface area contributed by atoms with Crippen LogP contribution in [0.4, 0.5) is 0 Å². The SMILES string of the molecule is CCCCCCCCCN1CCC(CCN)CC1. The van der Waals surface area contributed by atoms with Crippen molar-refractivity contribution in [3.05, 3.63) is 0 Å². The first-order valence-corrected chi connectivity index (χ1v) is 8.29. The van der Waals surface area contributed by atoms with Gasteiger partial charge < -0.3 is 10.6 Å². The zero-order chi connectivity index (χ0) is 13.1. The van der Waals surface area contributed by atoms with E-state index in [1.807, 2.05) is 0 Å². The van der Waals surface area contributed by atoms with Crippen LogP contribution in [0.15, 0.2) is 0 Å². The Balaban J connectivity index is 1.88. The van der Waals surface area contributed by atoms with Crippen LogP contribution in [-0.2, 0) is 0 Å². The van der Waals surface area contributed by atoms with E-state index in [1.165, 1.54) is 83.8 Å². The monoisotopic (exact) mass is 254 g/mol. The van der Waals surface area contributed by atoms with Gasteiger partial charge in [0.15, 0.2) is 0 Å². The van der Waals surface area contributed by atoms with Crippen LogP contribution in [0.3, 0.4) is 0 Å². The third-order valence-electron chi connectivity index (χ3n) is 4.36. The minimum absolute atomic E-state index is 0.877. The third kappa shape index (κ3) is 7.38. The molecule has 0 spiro atoms. The Morgan fingerprint density at radius 1 is 0.944 bits per heavy atom. The molecular formula is C16H34N2. The van der Waals surface area contributed by atoms with Crippen molar-refractivity contribution in [1.82, 2.24) is 4.90 Å². The van der Waals surface area contributed by atoms with Crippen LogP contribution in [0.25, 0.3) is 0 Å². The molecule has 0 aliphatic carbocycles. The maximum atomic E-state index is 5.63. The lowest BCUT2D eigenvalue weighted by molar-refractivity contribution is 0.177. The minimum Gasteiger partial charge on any atom is -0.330 e. The molecule has 1 rings (SSSR count). The quantitative estimate of drug-likeness (QED) is 0.601. The summed E-state index contributed by atoms with van der Waals surface area (Å²) in [6, 6.07) is 0. The zero-order valence-electron chi connectivity index (χ0n) is 12.5. The van der Waals surface area contributed by atoms with Gasteiger partial charge in [0.05, 0.1) is 0 Å². The lowest BCUT2D eigenvalue weighted by atomic mass is 9.93. The van der Waals surface area contributed by atoms with Crippen molar-refractivity contribution >= 4 is 0 Å². The van der Waals surface area contributed by atoms with E-state index in [-0.39, 0.29) is 0 Å². The largest absolute Gasteiger partial charge is 0.330 e. The van der Waals surface area contributed by atoms with Crippen molar-refractivity contribution in [2.75, 3.05) is 26.2 Å². The predicted molar refractivity (Wildman–Crippen MR) is 80.8 cm³/mol. The summed E-state index contributed by atoms with van der Waals surface area (Å²) in [6.45, 7) is 7.14. The van der Waals surface area contributed by atoms with Crippen molar-refractivity contribution in [2.45, 2.75) is 71.1 Å². The number of rotatable bonds is 10.